The van der Waals surface area contributed by atoms with E-state index in [9.17, 15) is 14.9 Å². The molecule has 0 unspecified atom stereocenters. The van der Waals surface area contributed by atoms with Gasteiger partial charge in [-0.2, -0.15) is 0 Å². The molecule has 0 saturated carbocycles. The average molecular weight is 410 g/mol. The zero-order valence-corrected chi connectivity index (χ0v) is 16.8. The number of anilines is 2. The number of nitrogens with zero attached hydrogens (tertiary/aromatic N) is 2. The Balaban J connectivity index is 1.97. The minimum absolute atomic E-state index is 0.0883. The van der Waals surface area contributed by atoms with E-state index in [0.717, 1.165) is 11.3 Å². The molecule has 0 aliphatic rings. The van der Waals surface area contributed by atoms with Gasteiger partial charge in [-0.15, -0.1) is 11.8 Å². The lowest BCUT2D eigenvalue weighted by molar-refractivity contribution is -0.385. The van der Waals surface area contributed by atoms with E-state index >= 15 is 0 Å². The molecule has 2 aromatic rings. The van der Waals surface area contributed by atoms with Crippen LogP contribution in [0.4, 0.5) is 17.1 Å². The fourth-order valence-corrected chi connectivity index (χ4v) is 3.61. The van der Waals surface area contributed by atoms with E-state index < -0.39 is 4.92 Å². The van der Waals surface area contributed by atoms with Gasteiger partial charge in [-0.25, -0.2) is 0 Å². The number of hydrogen-bond acceptors (Lipinski definition) is 6. The molecule has 1 N–H and O–H groups in total. The van der Waals surface area contributed by atoms with Gasteiger partial charge in [0.25, 0.3) is 0 Å². The summed E-state index contributed by atoms with van der Waals surface area (Å²) in [6, 6.07) is 10.1. The summed E-state index contributed by atoms with van der Waals surface area (Å²) in [5.74, 6) is 0.713. The first-order valence-corrected chi connectivity index (χ1v) is 9.51. The lowest BCUT2D eigenvalue weighted by Crippen LogP contribution is -2.18. The smallest absolute Gasteiger partial charge is 0.311 e. The zero-order valence-electron chi connectivity index (χ0n) is 15.2. The van der Waals surface area contributed by atoms with Crippen LogP contribution in [0.25, 0.3) is 0 Å². The van der Waals surface area contributed by atoms with Crippen molar-refractivity contribution in [3.8, 4) is 5.75 Å². The summed E-state index contributed by atoms with van der Waals surface area (Å²) in [6.45, 7) is 0. The maximum atomic E-state index is 12.2. The summed E-state index contributed by atoms with van der Waals surface area (Å²) in [5.41, 5.74) is 2.04. The van der Waals surface area contributed by atoms with E-state index in [2.05, 4.69) is 5.32 Å². The number of para-hydroxylation sites is 1. The Bertz CT molecular complexity index is 845. The molecule has 27 heavy (non-hydrogen) atoms. The Morgan fingerprint density at radius 3 is 2.70 bits per heavy atom. The maximum absolute atomic E-state index is 12.2. The third-order valence-corrected chi connectivity index (χ3v) is 4.96. The Hall–Kier alpha value is -2.45. The summed E-state index contributed by atoms with van der Waals surface area (Å²) in [5, 5.41) is 14.5. The second-order valence-corrected chi connectivity index (χ2v) is 7.23. The fraction of sp³-hybridized carbons (Fsp3) is 0.278. The van der Waals surface area contributed by atoms with Gasteiger partial charge in [0, 0.05) is 25.9 Å². The number of rotatable bonds is 8. The van der Waals surface area contributed by atoms with E-state index in [1.165, 1.54) is 24.9 Å². The monoisotopic (exact) mass is 409 g/mol. The van der Waals surface area contributed by atoms with Crippen molar-refractivity contribution in [1.29, 1.82) is 0 Å². The van der Waals surface area contributed by atoms with Gasteiger partial charge in [-0.1, -0.05) is 23.7 Å². The normalized spacial score (nSPS) is 10.4. The van der Waals surface area contributed by atoms with Crippen molar-refractivity contribution in [3.63, 3.8) is 0 Å². The van der Waals surface area contributed by atoms with Crippen LogP contribution < -0.4 is 15.0 Å². The van der Waals surface area contributed by atoms with Crippen LogP contribution in [0.15, 0.2) is 36.4 Å². The second-order valence-electron chi connectivity index (χ2n) is 5.83. The molecule has 0 fully saturated rings. The molecule has 2 rings (SSSR count). The number of halogens is 1. The molecule has 0 saturated heterocycles. The number of thioether (sulfide) groups is 1. The van der Waals surface area contributed by atoms with Crippen LogP contribution in [0, 0.1) is 10.1 Å². The van der Waals surface area contributed by atoms with Gasteiger partial charge < -0.3 is 15.0 Å². The third kappa shape index (κ3) is 5.51. The molecule has 0 bridgehead atoms. The topological polar surface area (TPSA) is 84.7 Å². The summed E-state index contributed by atoms with van der Waals surface area (Å²) in [4.78, 5) is 24.7. The lowest BCUT2D eigenvalue weighted by atomic mass is 10.2. The molecule has 0 aliphatic heterocycles. The number of nitro benzene ring substituents is 1. The average Bonchev–Trinajstić information content (AvgIpc) is 2.61. The van der Waals surface area contributed by atoms with Gasteiger partial charge in [0.05, 0.1) is 34.2 Å². The van der Waals surface area contributed by atoms with Crippen molar-refractivity contribution in [1.82, 2.24) is 0 Å². The molecule has 2 aromatic carbocycles. The van der Waals surface area contributed by atoms with Crippen molar-refractivity contribution in [2.75, 3.05) is 37.2 Å². The first-order valence-electron chi connectivity index (χ1n) is 7.98. The Morgan fingerprint density at radius 1 is 1.33 bits per heavy atom. The zero-order chi connectivity index (χ0) is 20.0. The molecule has 9 heteroatoms. The molecule has 0 heterocycles. The highest BCUT2D eigenvalue weighted by Gasteiger charge is 2.16. The van der Waals surface area contributed by atoms with Crippen LogP contribution in [-0.2, 0) is 10.5 Å². The number of benzene rings is 2. The van der Waals surface area contributed by atoms with Gasteiger partial charge >= 0.3 is 5.69 Å². The molecular weight excluding hydrogens is 390 g/mol. The second kappa shape index (κ2) is 9.48. The number of nitro groups is 1. The number of carbonyl (C=O) groups is 1. The van der Waals surface area contributed by atoms with Crippen LogP contribution >= 0.6 is 23.4 Å². The van der Waals surface area contributed by atoms with Crippen LogP contribution in [0.5, 0.6) is 5.75 Å². The van der Waals surface area contributed by atoms with Crippen molar-refractivity contribution in [2.45, 2.75) is 5.75 Å². The van der Waals surface area contributed by atoms with Crippen LogP contribution in [0.1, 0.15) is 5.56 Å². The largest absolute Gasteiger partial charge is 0.490 e. The van der Waals surface area contributed by atoms with Crippen molar-refractivity contribution >= 4 is 46.3 Å². The third-order valence-electron chi connectivity index (χ3n) is 3.65. The molecule has 0 aliphatic carbocycles. The summed E-state index contributed by atoms with van der Waals surface area (Å²) >= 11 is 7.56. The summed E-state index contributed by atoms with van der Waals surface area (Å²) in [6.07, 6.45) is 0. The minimum atomic E-state index is -0.484. The van der Waals surface area contributed by atoms with E-state index in [4.69, 9.17) is 16.3 Å². The molecule has 1 amide bonds. The molecule has 0 radical (unpaired) electrons. The molecule has 144 valence electrons. The molecule has 0 atom stereocenters. The Kier molecular flexibility index (Phi) is 7.32. The van der Waals surface area contributed by atoms with Gasteiger partial charge in [-0.05, 0) is 23.8 Å². The van der Waals surface area contributed by atoms with E-state index in [1.807, 2.05) is 19.0 Å². The standard InChI is InChI=1S/C18H20ClN3O4S/c1-21(2)18-13(19)5-4-6-14(18)20-17(23)11-27-10-12-7-8-16(26-3)15(9-12)22(24)25/h4-9H,10-11H2,1-3H3,(H,20,23). The Labute approximate surface area is 166 Å². The van der Waals surface area contributed by atoms with Crippen LogP contribution in [0.3, 0.4) is 0 Å². The maximum Gasteiger partial charge on any atom is 0.311 e. The number of methoxy groups -OCH3 is 1. The van der Waals surface area contributed by atoms with Gasteiger partial charge in [0.15, 0.2) is 5.75 Å². The first kappa shape index (κ1) is 20.9. The molecule has 7 nitrogen and oxygen atoms in total. The molecular formula is C18H20ClN3O4S. The predicted octanol–water partition coefficient (Wildman–Crippen LogP) is 4.19. The van der Waals surface area contributed by atoms with Crippen molar-refractivity contribution < 1.29 is 14.5 Å². The number of nitrogens with one attached hydrogen (secondary N) is 1. The fourth-order valence-electron chi connectivity index (χ4n) is 2.49. The van der Waals surface area contributed by atoms with E-state index in [0.29, 0.717) is 16.5 Å². The van der Waals surface area contributed by atoms with Crippen molar-refractivity contribution in [2.24, 2.45) is 0 Å². The van der Waals surface area contributed by atoms with E-state index in [-0.39, 0.29) is 23.1 Å². The van der Waals surface area contributed by atoms with E-state index in [1.54, 1.807) is 30.3 Å². The van der Waals surface area contributed by atoms with Gasteiger partial charge in [-0.3, -0.25) is 14.9 Å². The highest BCUT2D eigenvalue weighted by atomic mass is 35.5. The number of ether oxygens (including phenoxy) is 1. The number of carbonyl (C=O) groups excluding carboxylic acids is 1. The van der Waals surface area contributed by atoms with Gasteiger partial charge in [0.2, 0.25) is 5.91 Å². The predicted molar refractivity (Wildman–Crippen MR) is 110 cm³/mol. The molecule has 0 spiro atoms. The summed E-state index contributed by atoms with van der Waals surface area (Å²) < 4.78 is 4.98. The van der Waals surface area contributed by atoms with Gasteiger partial charge in [0.1, 0.15) is 0 Å². The highest BCUT2D eigenvalue weighted by Crippen LogP contribution is 2.33. The number of amides is 1. The Morgan fingerprint density at radius 2 is 2.07 bits per heavy atom. The van der Waals surface area contributed by atoms with Crippen molar-refractivity contribution in [3.05, 3.63) is 57.1 Å². The number of hydrogen-bond donors (Lipinski definition) is 1. The highest BCUT2D eigenvalue weighted by molar-refractivity contribution is 7.99. The SMILES string of the molecule is COc1ccc(CSCC(=O)Nc2cccc(Cl)c2N(C)C)cc1[N+](=O)[O-]. The minimum Gasteiger partial charge on any atom is -0.490 e. The quantitative estimate of drug-likeness (QED) is 0.519. The lowest BCUT2D eigenvalue weighted by Gasteiger charge is -2.19. The van der Waals surface area contributed by atoms with Crippen LogP contribution in [0.2, 0.25) is 5.02 Å². The molecule has 0 aromatic heterocycles. The summed E-state index contributed by atoms with van der Waals surface area (Å²) in [7, 11) is 5.09. The van der Waals surface area contributed by atoms with Crippen LogP contribution in [-0.4, -0.2) is 37.8 Å². The first-order chi connectivity index (χ1) is 12.8.